The van der Waals surface area contributed by atoms with Gasteiger partial charge in [0.1, 0.15) is 5.69 Å². The number of nitrogens with zero attached hydrogens (tertiary/aromatic N) is 2. The maximum atomic E-state index is 5.53. The van der Waals surface area contributed by atoms with E-state index in [0.29, 0.717) is 0 Å². The molecule has 1 aliphatic rings. The summed E-state index contributed by atoms with van der Waals surface area (Å²) in [6.45, 7) is 3.08. The summed E-state index contributed by atoms with van der Waals surface area (Å²) >= 11 is 0. The van der Waals surface area contributed by atoms with Gasteiger partial charge >= 0.3 is 0 Å². The zero-order chi connectivity index (χ0) is 17.5. The van der Waals surface area contributed by atoms with Crippen LogP contribution in [0, 0.1) is 5.92 Å². The summed E-state index contributed by atoms with van der Waals surface area (Å²) in [6.07, 6.45) is 6.80. The lowest BCUT2D eigenvalue weighted by Crippen LogP contribution is -2.35. The molecule has 1 aromatic carbocycles. The highest BCUT2D eigenvalue weighted by Crippen LogP contribution is 2.31. The van der Waals surface area contributed by atoms with Crippen molar-refractivity contribution in [1.29, 1.82) is 0 Å². The molecule has 0 bridgehead atoms. The van der Waals surface area contributed by atoms with Crippen molar-refractivity contribution in [2.24, 2.45) is 5.92 Å². The van der Waals surface area contributed by atoms with Gasteiger partial charge in [-0.05, 0) is 43.7 Å². The molecule has 2 aromatic rings. The molecule has 1 aliphatic heterocycles. The van der Waals surface area contributed by atoms with E-state index < -0.39 is 0 Å². The van der Waals surface area contributed by atoms with Crippen LogP contribution in [0.25, 0.3) is 0 Å². The fraction of sp³-hybridized carbons (Fsp3) is 0.476. The summed E-state index contributed by atoms with van der Waals surface area (Å²) in [7, 11) is 3.35. The first-order valence-electron chi connectivity index (χ1n) is 9.12. The quantitative estimate of drug-likeness (QED) is 0.764. The van der Waals surface area contributed by atoms with E-state index in [-0.39, 0.29) is 0 Å². The van der Waals surface area contributed by atoms with Crippen LogP contribution in [0.2, 0.25) is 0 Å². The third-order valence-electron chi connectivity index (χ3n) is 5.03. The first kappa shape index (κ1) is 17.7. The standard InChI is InChI=1S/C21H28N2O2/c1-24-20-12-13-22-19(21(20)25-2)16-23-14-6-9-18(15-23)11-10-17-7-4-3-5-8-17/h3-5,7-8,12-13,18H,6,9-11,14-16H2,1-2H3/t18-/m1/s1. The number of piperidine rings is 1. The summed E-state index contributed by atoms with van der Waals surface area (Å²) in [5, 5.41) is 0. The van der Waals surface area contributed by atoms with E-state index in [1.54, 1.807) is 20.4 Å². The summed E-state index contributed by atoms with van der Waals surface area (Å²) in [5.41, 5.74) is 2.40. The van der Waals surface area contributed by atoms with Crippen molar-refractivity contribution in [2.75, 3.05) is 27.3 Å². The van der Waals surface area contributed by atoms with Crippen molar-refractivity contribution in [2.45, 2.75) is 32.2 Å². The van der Waals surface area contributed by atoms with E-state index in [4.69, 9.17) is 9.47 Å². The van der Waals surface area contributed by atoms with Crippen LogP contribution < -0.4 is 9.47 Å². The molecule has 0 N–H and O–H groups in total. The Morgan fingerprint density at radius 3 is 2.72 bits per heavy atom. The topological polar surface area (TPSA) is 34.6 Å². The number of aryl methyl sites for hydroxylation is 1. The van der Waals surface area contributed by atoms with Gasteiger partial charge in [-0.1, -0.05) is 30.3 Å². The molecule has 1 fully saturated rings. The molecule has 0 saturated carbocycles. The Balaban J connectivity index is 1.58. The fourth-order valence-electron chi connectivity index (χ4n) is 3.72. The van der Waals surface area contributed by atoms with Crippen molar-refractivity contribution < 1.29 is 9.47 Å². The summed E-state index contributed by atoms with van der Waals surface area (Å²) < 4.78 is 10.9. The maximum Gasteiger partial charge on any atom is 0.183 e. The molecule has 4 nitrogen and oxygen atoms in total. The maximum absolute atomic E-state index is 5.53. The molecule has 0 radical (unpaired) electrons. The molecule has 134 valence electrons. The van der Waals surface area contributed by atoms with Crippen molar-refractivity contribution in [3.05, 3.63) is 53.9 Å². The molecule has 3 rings (SSSR count). The van der Waals surface area contributed by atoms with Gasteiger partial charge in [0.05, 0.1) is 14.2 Å². The molecule has 1 saturated heterocycles. The molecule has 25 heavy (non-hydrogen) atoms. The Labute approximate surface area is 150 Å². The fourth-order valence-corrected chi connectivity index (χ4v) is 3.72. The van der Waals surface area contributed by atoms with Crippen LogP contribution in [0.1, 0.15) is 30.5 Å². The number of hydrogen-bond acceptors (Lipinski definition) is 4. The van der Waals surface area contributed by atoms with Gasteiger partial charge in [0.2, 0.25) is 0 Å². The number of ether oxygens (including phenoxy) is 2. The molecule has 0 unspecified atom stereocenters. The molecule has 0 spiro atoms. The van der Waals surface area contributed by atoms with E-state index in [9.17, 15) is 0 Å². The number of pyridine rings is 1. The minimum atomic E-state index is 0.755. The first-order chi connectivity index (χ1) is 12.3. The van der Waals surface area contributed by atoms with Crippen molar-refractivity contribution >= 4 is 0 Å². The Hall–Kier alpha value is -2.07. The van der Waals surface area contributed by atoms with Gasteiger partial charge in [-0.3, -0.25) is 9.88 Å². The molecule has 4 heteroatoms. The van der Waals surface area contributed by atoms with Crippen molar-refractivity contribution in [3.63, 3.8) is 0 Å². The van der Waals surface area contributed by atoms with Gasteiger partial charge in [0.25, 0.3) is 0 Å². The van der Waals surface area contributed by atoms with Gasteiger partial charge in [-0.25, -0.2) is 0 Å². The SMILES string of the molecule is COc1ccnc(CN2CCC[C@H](CCc3ccccc3)C2)c1OC. The van der Waals surface area contributed by atoms with E-state index in [2.05, 4.69) is 40.2 Å². The zero-order valence-corrected chi connectivity index (χ0v) is 15.3. The second-order valence-electron chi connectivity index (χ2n) is 6.76. The van der Waals surface area contributed by atoms with E-state index in [1.807, 2.05) is 6.07 Å². The average Bonchev–Trinajstić information content (AvgIpc) is 2.67. The van der Waals surface area contributed by atoms with Crippen LogP contribution >= 0.6 is 0 Å². The smallest absolute Gasteiger partial charge is 0.183 e. The Kier molecular flexibility index (Phi) is 6.29. The highest BCUT2D eigenvalue weighted by molar-refractivity contribution is 5.42. The Morgan fingerprint density at radius 2 is 1.96 bits per heavy atom. The molecule has 0 aliphatic carbocycles. The van der Waals surface area contributed by atoms with Crippen LogP contribution in [-0.2, 0) is 13.0 Å². The lowest BCUT2D eigenvalue weighted by Gasteiger charge is -2.33. The van der Waals surface area contributed by atoms with Gasteiger partial charge in [0.15, 0.2) is 11.5 Å². The Bertz CT molecular complexity index is 660. The third kappa shape index (κ3) is 4.73. The molecule has 1 aromatic heterocycles. The van der Waals surface area contributed by atoms with E-state index in [0.717, 1.165) is 42.7 Å². The van der Waals surface area contributed by atoms with Gasteiger partial charge in [0, 0.05) is 25.4 Å². The Morgan fingerprint density at radius 1 is 1.12 bits per heavy atom. The second kappa shape index (κ2) is 8.86. The highest BCUT2D eigenvalue weighted by atomic mass is 16.5. The van der Waals surface area contributed by atoms with Crippen LogP contribution in [-0.4, -0.2) is 37.2 Å². The molecule has 1 atom stereocenters. The number of hydrogen-bond donors (Lipinski definition) is 0. The van der Waals surface area contributed by atoms with Crippen LogP contribution in [0.5, 0.6) is 11.5 Å². The van der Waals surface area contributed by atoms with Crippen molar-refractivity contribution in [3.8, 4) is 11.5 Å². The van der Waals surface area contributed by atoms with Gasteiger partial charge < -0.3 is 9.47 Å². The first-order valence-corrected chi connectivity index (χ1v) is 9.12. The minimum Gasteiger partial charge on any atom is -0.493 e. The van der Waals surface area contributed by atoms with Crippen LogP contribution in [0.15, 0.2) is 42.6 Å². The lowest BCUT2D eigenvalue weighted by atomic mass is 9.91. The summed E-state index contributed by atoms with van der Waals surface area (Å²) in [6, 6.07) is 12.6. The predicted octanol–water partition coefficient (Wildman–Crippen LogP) is 3.94. The summed E-state index contributed by atoms with van der Waals surface area (Å²) in [5.74, 6) is 2.27. The van der Waals surface area contributed by atoms with E-state index >= 15 is 0 Å². The van der Waals surface area contributed by atoms with Crippen LogP contribution in [0.4, 0.5) is 0 Å². The second-order valence-corrected chi connectivity index (χ2v) is 6.76. The molecule has 2 heterocycles. The highest BCUT2D eigenvalue weighted by Gasteiger charge is 2.22. The number of benzene rings is 1. The molecule has 0 amide bonds. The molecular formula is C21H28N2O2. The number of methoxy groups -OCH3 is 2. The lowest BCUT2D eigenvalue weighted by molar-refractivity contribution is 0.158. The normalized spacial score (nSPS) is 18.1. The zero-order valence-electron chi connectivity index (χ0n) is 15.3. The van der Waals surface area contributed by atoms with Gasteiger partial charge in [-0.2, -0.15) is 0 Å². The monoisotopic (exact) mass is 340 g/mol. The summed E-state index contributed by atoms with van der Waals surface area (Å²) in [4.78, 5) is 7.03. The van der Waals surface area contributed by atoms with Crippen molar-refractivity contribution in [1.82, 2.24) is 9.88 Å². The third-order valence-corrected chi connectivity index (χ3v) is 5.03. The minimum absolute atomic E-state index is 0.755. The van der Waals surface area contributed by atoms with Gasteiger partial charge in [-0.15, -0.1) is 0 Å². The predicted molar refractivity (Wildman–Crippen MR) is 100 cm³/mol. The average molecular weight is 340 g/mol. The number of aromatic nitrogens is 1. The number of rotatable bonds is 7. The largest absolute Gasteiger partial charge is 0.493 e. The number of likely N-dealkylation sites (tertiary alicyclic amines) is 1. The van der Waals surface area contributed by atoms with E-state index in [1.165, 1.54) is 31.2 Å². The molecular weight excluding hydrogens is 312 g/mol. The van der Waals surface area contributed by atoms with Crippen LogP contribution in [0.3, 0.4) is 0 Å².